The molecule has 0 radical (unpaired) electrons. The lowest BCUT2D eigenvalue weighted by atomic mass is 9.75. The van der Waals surface area contributed by atoms with E-state index in [2.05, 4.69) is 0 Å². The molecule has 2 heterocycles. The number of fused-ring (bicyclic) bond motifs is 1. The lowest BCUT2D eigenvalue weighted by Gasteiger charge is -2.30. The molecule has 2 aromatic carbocycles. The van der Waals surface area contributed by atoms with Gasteiger partial charge in [-0.05, 0) is 51.3 Å². The molecule has 6 heteroatoms. The van der Waals surface area contributed by atoms with E-state index >= 15 is 0 Å². The van der Waals surface area contributed by atoms with Gasteiger partial charge in [0.1, 0.15) is 12.6 Å². The fourth-order valence-electron chi connectivity index (χ4n) is 4.83. The number of hydrogen-bond donors (Lipinski definition) is 0. The molecule has 1 fully saturated rings. The monoisotopic (exact) mass is 472 g/mol. The number of anilines is 1. The minimum Gasteiger partial charge on any atom is -0.446 e. The summed E-state index contributed by atoms with van der Waals surface area (Å²) in [5.41, 5.74) is 3.54. The molecule has 2 aliphatic rings. The first-order valence-corrected chi connectivity index (χ1v) is 12.0. The molecule has 35 heavy (non-hydrogen) atoms. The molecule has 182 valence electrons. The number of amides is 3. The van der Waals surface area contributed by atoms with Crippen LogP contribution in [0.25, 0.3) is 0 Å². The predicted molar refractivity (Wildman–Crippen MR) is 136 cm³/mol. The molecular weight excluding hydrogens is 440 g/mol. The zero-order chi connectivity index (χ0) is 25.2. The average molecular weight is 473 g/mol. The Morgan fingerprint density at radius 1 is 0.971 bits per heavy atom. The van der Waals surface area contributed by atoms with E-state index < -0.39 is 23.5 Å². The molecule has 6 nitrogen and oxygen atoms in total. The highest BCUT2D eigenvalue weighted by Crippen LogP contribution is 2.47. The number of carbonyl (C=O) groups is 3. The van der Waals surface area contributed by atoms with Gasteiger partial charge in [-0.3, -0.25) is 9.59 Å². The van der Waals surface area contributed by atoms with E-state index in [1.54, 1.807) is 4.90 Å². The molecule has 0 saturated carbocycles. The van der Waals surface area contributed by atoms with Crippen LogP contribution in [0, 0.1) is 0 Å². The van der Waals surface area contributed by atoms with Crippen molar-refractivity contribution in [2.24, 2.45) is 0 Å². The summed E-state index contributed by atoms with van der Waals surface area (Å²) in [5, 5.41) is 0. The number of imide groups is 1. The number of allylic oxidation sites excluding steroid dienone is 3. The maximum atomic E-state index is 14.1. The molecule has 3 amide bonds. The number of cyclic esters (lactones) is 1. The summed E-state index contributed by atoms with van der Waals surface area (Å²) < 4.78 is 5.28. The fraction of sp³-hybridized carbons (Fsp3) is 0.345. The molecule has 2 aliphatic heterocycles. The number of carbonyl (C=O) groups excluding carboxylic acids is 3. The highest BCUT2D eigenvalue weighted by atomic mass is 16.6. The number of para-hydroxylation sites is 1. The van der Waals surface area contributed by atoms with Gasteiger partial charge in [0, 0.05) is 18.7 Å². The minimum atomic E-state index is -1.09. The van der Waals surface area contributed by atoms with Crippen LogP contribution in [0.5, 0.6) is 0 Å². The molecule has 2 atom stereocenters. The van der Waals surface area contributed by atoms with Crippen LogP contribution in [0.15, 0.2) is 77.9 Å². The molecule has 4 rings (SSSR count). The van der Waals surface area contributed by atoms with Gasteiger partial charge in [-0.2, -0.15) is 0 Å². The van der Waals surface area contributed by atoms with Crippen molar-refractivity contribution >= 4 is 23.6 Å². The van der Waals surface area contributed by atoms with Gasteiger partial charge >= 0.3 is 6.09 Å². The standard InChI is InChI=1S/C29H32N2O4/c1-20(2)14-16-29(23-12-8-9-13-24(23)30(27(29)33)17-15-21(3)4)18-26(32)31-25(19-35-28(31)34)22-10-6-5-7-11-22/h5-15,25H,16-19H2,1-4H3/t25-,29+/m1/s1. The van der Waals surface area contributed by atoms with Crippen LogP contribution in [-0.2, 0) is 19.7 Å². The zero-order valence-corrected chi connectivity index (χ0v) is 20.8. The van der Waals surface area contributed by atoms with Crippen molar-refractivity contribution in [3.05, 3.63) is 89.0 Å². The Bertz CT molecular complexity index is 1190. The van der Waals surface area contributed by atoms with E-state index in [1.165, 1.54) is 4.90 Å². The van der Waals surface area contributed by atoms with Crippen molar-refractivity contribution in [3.8, 4) is 0 Å². The molecule has 0 bridgehead atoms. The van der Waals surface area contributed by atoms with Gasteiger partial charge in [0.05, 0.1) is 5.41 Å². The highest BCUT2D eigenvalue weighted by molar-refractivity contribution is 6.11. The Balaban J connectivity index is 1.75. The summed E-state index contributed by atoms with van der Waals surface area (Å²) in [6.45, 7) is 8.48. The molecule has 1 saturated heterocycles. The van der Waals surface area contributed by atoms with Gasteiger partial charge in [0.25, 0.3) is 0 Å². The van der Waals surface area contributed by atoms with Crippen LogP contribution in [0.4, 0.5) is 10.5 Å². The van der Waals surface area contributed by atoms with Crippen LogP contribution >= 0.6 is 0 Å². The predicted octanol–water partition coefficient (Wildman–Crippen LogP) is 5.70. The summed E-state index contributed by atoms with van der Waals surface area (Å²) >= 11 is 0. The lowest BCUT2D eigenvalue weighted by Crippen LogP contribution is -2.45. The molecule has 0 unspecified atom stereocenters. The van der Waals surface area contributed by atoms with Crippen molar-refractivity contribution in [2.75, 3.05) is 18.1 Å². The van der Waals surface area contributed by atoms with E-state index in [-0.39, 0.29) is 18.9 Å². The van der Waals surface area contributed by atoms with Gasteiger partial charge in [-0.25, -0.2) is 9.69 Å². The fourth-order valence-corrected chi connectivity index (χ4v) is 4.83. The molecular formula is C29H32N2O4. The normalized spacial score (nSPS) is 21.0. The lowest BCUT2D eigenvalue weighted by molar-refractivity contribution is -0.134. The smallest absolute Gasteiger partial charge is 0.417 e. The molecule has 0 aliphatic carbocycles. The molecule has 0 N–H and O–H groups in total. The second-order valence-corrected chi connectivity index (χ2v) is 9.73. The van der Waals surface area contributed by atoms with Gasteiger partial charge in [-0.1, -0.05) is 71.8 Å². The average Bonchev–Trinajstić information content (AvgIpc) is 3.33. The van der Waals surface area contributed by atoms with E-state index in [4.69, 9.17) is 4.74 Å². The molecule has 2 aromatic rings. The Labute approximate surface area is 206 Å². The number of hydrogen-bond acceptors (Lipinski definition) is 4. The van der Waals surface area contributed by atoms with Crippen molar-refractivity contribution in [2.45, 2.75) is 52.0 Å². The van der Waals surface area contributed by atoms with Crippen molar-refractivity contribution in [1.82, 2.24) is 4.90 Å². The third-order valence-electron chi connectivity index (χ3n) is 6.68. The first kappa shape index (κ1) is 24.5. The summed E-state index contributed by atoms with van der Waals surface area (Å²) in [6, 6.07) is 16.5. The van der Waals surface area contributed by atoms with Crippen molar-refractivity contribution < 1.29 is 19.1 Å². The number of nitrogens with zero attached hydrogens (tertiary/aromatic N) is 2. The Morgan fingerprint density at radius 3 is 2.31 bits per heavy atom. The molecule has 0 aromatic heterocycles. The summed E-state index contributed by atoms with van der Waals surface area (Å²) in [5.74, 6) is -0.526. The Kier molecular flexibility index (Phi) is 6.92. The first-order valence-electron chi connectivity index (χ1n) is 12.0. The van der Waals surface area contributed by atoms with Gasteiger partial charge in [0.15, 0.2) is 0 Å². The van der Waals surface area contributed by atoms with Crippen LogP contribution in [0.3, 0.4) is 0 Å². The number of benzene rings is 2. The van der Waals surface area contributed by atoms with E-state index in [9.17, 15) is 14.4 Å². The van der Waals surface area contributed by atoms with Crippen LogP contribution < -0.4 is 4.90 Å². The third-order valence-corrected chi connectivity index (χ3v) is 6.68. The van der Waals surface area contributed by atoms with Gasteiger partial charge in [-0.15, -0.1) is 0 Å². The van der Waals surface area contributed by atoms with E-state index in [0.29, 0.717) is 13.0 Å². The second-order valence-electron chi connectivity index (χ2n) is 9.73. The topological polar surface area (TPSA) is 66.9 Å². The maximum Gasteiger partial charge on any atom is 0.417 e. The van der Waals surface area contributed by atoms with Crippen LogP contribution in [0.2, 0.25) is 0 Å². The summed E-state index contributed by atoms with van der Waals surface area (Å²) in [6.07, 6.45) is 3.61. The van der Waals surface area contributed by atoms with Gasteiger partial charge < -0.3 is 9.64 Å². The van der Waals surface area contributed by atoms with Crippen LogP contribution in [0.1, 0.15) is 57.7 Å². The maximum absolute atomic E-state index is 14.1. The van der Waals surface area contributed by atoms with Gasteiger partial charge in [0.2, 0.25) is 11.8 Å². The van der Waals surface area contributed by atoms with Crippen molar-refractivity contribution in [3.63, 3.8) is 0 Å². The quantitative estimate of drug-likeness (QED) is 0.485. The molecule has 0 spiro atoms. The van der Waals surface area contributed by atoms with E-state index in [1.807, 2.05) is 94.4 Å². The zero-order valence-electron chi connectivity index (χ0n) is 20.8. The summed E-state index contributed by atoms with van der Waals surface area (Å²) in [4.78, 5) is 43.5. The SMILES string of the molecule is CC(C)=CCN1C(=O)[C@@](CC=C(C)C)(CC(=O)N2C(=O)OC[C@@H]2c2ccccc2)c2ccccc21. The van der Waals surface area contributed by atoms with Crippen LogP contribution in [-0.4, -0.2) is 36.0 Å². The van der Waals surface area contributed by atoms with Crippen molar-refractivity contribution in [1.29, 1.82) is 0 Å². The Hall–Kier alpha value is -3.67. The third kappa shape index (κ3) is 4.65. The summed E-state index contributed by atoms with van der Waals surface area (Å²) in [7, 11) is 0. The Morgan fingerprint density at radius 2 is 1.63 bits per heavy atom. The minimum absolute atomic E-state index is 0.104. The largest absolute Gasteiger partial charge is 0.446 e. The second kappa shape index (κ2) is 9.90. The highest BCUT2D eigenvalue weighted by Gasteiger charge is 2.53. The van der Waals surface area contributed by atoms with E-state index in [0.717, 1.165) is 28.0 Å². The first-order chi connectivity index (χ1) is 16.7. The number of rotatable bonds is 7. The number of ether oxygens (including phenoxy) is 1.